The van der Waals surface area contributed by atoms with E-state index >= 15 is 0 Å². The normalized spacial score (nSPS) is 17.9. The van der Waals surface area contributed by atoms with Crippen LogP contribution in [0.1, 0.15) is 27.5 Å². The number of methoxy groups -OCH3 is 1. The van der Waals surface area contributed by atoms with Crippen LogP contribution < -0.4 is 15.4 Å². The molecule has 1 amide bonds. The minimum atomic E-state index is -0.0550. The molecule has 0 saturated carbocycles. The monoisotopic (exact) mass is 339 g/mol. The first-order valence-corrected chi connectivity index (χ1v) is 8.61. The van der Waals surface area contributed by atoms with E-state index in [0.29, 0.717) is 5.56 Å². The molecule has 1 heterocycles. The molecule has 1 atom stereocenters. The Morgan fingerprint density at radius 1 is 1.24 bits per heavy atom. The molecule has 25 heavy (non-hydrogen) atoms. The SMILES string of the molecule is CNC(=O)c1ccc(CN2CCNCC2c2ccccc2OC)cc1. The van der Waals surface area contributed by atoms with E-state index in [1.54, 1.807) is 14.2 Å². The van der Waals surface area contributed by atoms with E-state index < -0.39 is 0 Å². The third kappa shape index (κ3) is 4.00. The van der Waals surface area contributed by atoms with E-state index in [-0.39, 0.29) is 11.9 Å². The van der Waals surface area contributed by atoms with Crippen LogP contribution in [0, 0.1) is 0 Å². The molecule has 5 nitrogen and oxygen atoms in total. The van der Waals surface area contributed by atoms with Gasteiger partial charge in [-0.05, 0) is 23.8 Å². The molecule has 1 unspecified atom stereocenters. The maximum absolute atomic E-state index is 11.7. The molecule has 1 aliphatic heterocycles. The minimum absolute atomic E-state index is 0.0550. The van der Waals surface area contributed by atoms with Crippen molar-refractivity contribution in [1.29, 1.82) is 0 Å². The van der Waals surface area contributed by atoms with Gasteiger partial charge < -0.3 is 15.4 Å². The van der Waals surface area contributed by atoms with E-state index in [0.717, 1.165) is 31.9 Å². The number of hydrogen-bond donors (Lipinski definition) is 2. The summed E-state index contributed by atoms with van der Waals surface area (Å²) in [5.41, 5.74) is 3.10. The van der Waals surface area contributed by atoms with Crippen LogP contribution in [0.4, 0.5) is 0 Å². The fourth-order valence-corrected chi connectivity index (χ4v) is 3.32. The zero-order valence-electron chi connectivity index (χ0n) is 14.8. The molecule has 0 spiro atoms. The van der Waals surface area contributed by atoms with Crippen LogP contribution in [-0.4, -0.2) is 44.6 Å². The molecule has 5 heteroatoms. The number of rotatable bonds is 5. The number of piperazine rings is 1. The number of benzene rings is 2. The molecular formula is C20H25N3O2. The Hall–Kier alpha value is -2.37. The van der Waals surface area contributed by atoms with E-state index in [9.17, 15) is 4.79 Å². The summed E-state index contributed by atoms with van der Waals surface area (Å²) in [5.74, 6) is 0.872. The molecule has 132 valence electrons. The topological polar surface area (TPSA) is 53.6 Å². The maximum Gasteiger partial charge on any atom is 0.251 e. The second-order valence-electron chi connectivity index (χ2n) is 6.21. The number of carbonyl (C=O) groups is 1. The number of nitrogens with zero attached hydrogens (tertiary/aromatic N) is 1. The Morgan fingerprint density at radius 2 is 2.00 bits per heavy atom. The highest BCUT2D eigenvalue weighted by Crippen LogP contribution is 2.31. The lowest BCUT2D eigenvalue weighted by molar-refractivity contribution is 0.0963. The van der Waals surface area contributed by atoms with Crippen molar-refractivity contribution >= 4 is 5.91 Å². The van der Waals surface area contributed by atoms with Crippen LogP contribution in [0.15, 0.2) is 48.5 Å². The third-order valence-electron chi connectivity index (χ3n) is 4.68. The summed E-state index contributed by atoms with van der Waals surface area (Å²) in [5, 5.41) is 6.13. The summed E-state index contributed by atoms with van der Waals surface area (Å²) in [6, 6.07) is 16.3. The number of hydrogen-bond acceptors (Lipinski definition) is 4. The van der Waals surface area contributed by atoms with Crippen molar-refractivity contribution in [2.24, 2.45) is 0 Å². The van der Waals surface area contributed by atoms with Gasteiger partial charge in [0.25, 0.3) is 5.91 Å². The van der Waals surface area contributed by atoms with E-state index in [4.69, 9.17) is 4.74 Å². The van der Waals surface area contributed by atoms with Crippen LogP contribution in [0.5, 0.6) is 5.75 Å². The first-order valence-electron chi connectivity index (χ1n) is 8.61. The second kappa shape index (κ2) is 8.14. The largest absolute Gasteiger partial charge is 0.496 e. The molecule has 0 aromatic heterocycles. The summed E-state index contributed by atoms with van der Waals surface area (Å²) >= 11 is 0. The first-order chi connectivity index (χ1) is 12.2. The summed E-state index contributed by atoms with van der Waals surface area (Å²) < 4.78 is 5.55. The average Bonchev–Trinajstić information content (AvgIpc) is 2.68. The van der Waals surface area contributed by atoms with E-state index in [2.05, 4.69) is 27.7 Å². The highest BCUT2D eigenvalue weighted by atomic mass is 16.5. The predicted octanol–water partition coefficient (Wildman–Crippen LogP) is 2.20. The minimum Gasteiger partial charge on any atom is -0.496 e. The van der Waals surface area contributed by atoms with Gasteiger partial charge in [-0.15, -0.1) is 0 Å². The van der Waals surface area contributed by atoms with Crippen molar-refractivity contribution in [2.45, 2.75) is 12.6 Å². The zero-order chi connectivity index (χ0) is 17.6. The fraction of sp³-hybridized carbons (Fsp3) is 0.350. The molecule has 0 bridgehead atoms. The number of amides is 1. The molecule has 1 fully saturated rings. The Morgan fingerprint density at radius 3 is 2.72 bits per heavy atom. The summed E-state index contributed by atoms with van der Waals surface area (Å²) in [6.07, 6.45) is 0. The summed E-state index contributed by atoms with van der Waals surface area (Å²) in [7, 11) is 3.37. The van der Waals surface area contributed by atoms with Gasteiger partial charge in [0.15, 0.2) is 0 Å². The molecule has 2 aromatic carbocycles. The number of carbonyl (C=O) groups excluding carboxylic acids is 1. The van der Waals surface area contributed by atoms with Crippen molar-refractivity contribution in [3.05, 3.63) is 65.2 Å². The lowest BCUT2D eigenvalue weighted by Crippen LogP contribution is -2.45. The van der Waals surface area contributed by atoms with Gasteiger partial charge in [0, 0.05) is 44.4 Å². The molecule has 2 N–H and O–H groups in total. The number of para-hydroxylation sites is 1. The van der Waals surface area contributed by atoms with Crippen molar-refractivity contribution in [3.63, 3.8) is 0 Å². The molecule has 1 aliphatic rings. The van der Waals surface area contributed by atoms with Gasteiger partial charge in [-0.25, -0.2) is 0 Å². The van der Waals surface area contributed by atoms with Gasteiger partial charge in [-0.1, -0.05) is 30.3 Å². The van der Waals surface area contributed by atoms with Crippen LogP contribution in [0.25, 0.3) is 0 Å². The lowest BCUT2D eigenvalue weighted by Gasteiger charge is -2.37. The van der Waals surface area contributed by atoms with E-state index in [1.165, 1.54) is 11.1 Å². The number of nitrogens with one attached hydrogen (secondary N) is 2. The molecule has 0 radical (unpaired) electrons. The van der Waals surface area contributed by atoms with Gasteiger partial charge in [-0.2, -0.15) is 0 Å². The average molecular weight is 339 g/mol. The summed E-state index contributed by atoms with van der Waals surface area (Å²) in [4.78, 5) is 14.1. The van der Waals surface area contributed by atoms with Crippen LogP contribution in [-0.2, 0) is 6.54 Å². The summed E-state index contributed by atoms with van der Waals surface area (Å²) in [6.45, 7) is 3.69. The highest BCUT2D eigenvalue weighted by Gasteiger charge is 2.26. The molecule has 1 saturated heterocycles. The quantitative estimate of drug-likeness (QED) is 0.877. The van der Waals surface area contributed by atoms with Crippen LogP contribution >= 0.6 is 0 Å². The standard InChI is InChI=1S/C20H25N3O2/c1-21-20(24)16-9-7-15(8-10-16)14-23-12-11-22-13-18(23)17-5-3-4-6-19(17)25-2/h3-10,18,22H,11-14H2,1-2H3,(H,21,24). The second-order valence-corrected chi connectivity index (χ2v) is 6.21. The molecule has 3 rings (SSSR count). The van der Waals surface area contributed by atoms with Gasteiger partial charge in [-0.3, -0.25) is 9.69 Å². The lowest BCUT2D eigenvalue weighted by atomic mass is 10.0. The first kappa shape index (κ1) is 17.5. The molecule has 0 aliphatic carbocycles. The van der Waals surface area contributed by atoms with Crippen molar-refractivity contribution in [3.8, 4) is 5.75 Å². The van der Waals surface area contributed by atoms with E-state index in [1.807, 2.05) is 36.4 Å². The highest BCUT2D eigenvalue weighted by molar-refractivity contribution is 5.93. The Labute approximate surface area is 149 Å². The zero-order valence-corrected chi connectivity index (χ0v) is 14.8. The predicted molar refractivity (Wildman–Crippen MR) is 98.8 cm³/mol. The van der Waals surface area contributed by atoms with Crippen molar-refractivity contribution in [2.75, 3.05) is 33.8 Å². The number of ether oxygens (including phenoxy) is 1. The van der Waals surface area contributed by atoms with Crippen LogP contribution in [0.3, 0.4) is 0 Å². The van der Waals surface area contributed by atoms with Crippen LogP contribution in [0.2, 0.25) is 0 Å². The Kier molecular flexibility index (Phi) is 5.68. The van der Waals surface area contributed by atoms with Crippen molar-refractivity contribution in [1.82, 2.24) is 15.5 Å². The maximum atomic E-state index is 11.7. The van der Waals surface area contributed by atoms with Gasteiger partial charge in [0.1, 0.15) is 5.75 Å². The smallest absolute Gasteiger partial charge is 0.251 e. The van der Waals surface area contributed by atoms with Gasteiger partial charge >= 0.3 is 0 Å². The fourth-order valence-electron chi connectivity index (χ4n) is 3.32. The van der Waals surface area contributed by atoms with Crippen molar-refractivity contribution < 1.29 is 9.53 Å². The van der Waals surface area contributed by atoms with Gasteiger partial charge in [0.2, 0.25) is 0 Å². The Balaban J connectivity index is 1.78. The third-order valence-corrected chi connectivity index (χ3v) is 4.68. The molecule has 2 aromatic rings. The molecular weight excluding hydrogens is 314 g/mol. The Bertz CT molecular complexity index is 715. The van der Waals surface area contributed by atoms with Gasteiger partial charge in [0.05, 0.1) is 13.2 Å².